The molecular weight excluding hydrogens is 360 g/mol. The van der Waals surface area contributed by atoms with Crippen molar-refractivity contribution in [1.82, 2.24) is 9.78 Å². The Labute approximate surface area is 142 Å². The molecule has 0 saturated heterocycles. The summed E-state index contributed by atoms with van der Waals surface area (Å²) in [5.41, 5.74) is 2.27. The maximum absolute atomic E-state index is 12.4. The number of benzene rings is 1. The minimum absolute atomic E-state index is 0.0384. The molecule has 1 aromatic heterocycles. The van der Waals surface area contributed by atoms with Gasteiger partial charge in [0.25, 0.3) is 0 Å². The van der Waals surface area contributed by atoms with Crippen LogP contribution in [0, 0.1) is 5.92 Å². The van der Waals surface area contributed by atoms with E-state index >= 15 is 0 Å². The average molecular weight is 377 g/mol. The lowest BCUT2D eigenvalue weighted by molar-refractivity contribution is -0.117. The number of carbonyl (C=O) groups is 2. The van der Waals surface area contributed by atoms with Gasteiger partial charge in [-0.05, 0) is 36.1 Å². The number of nitrogens with one attached hydrogen (secondary N) is 2. The maximum atomic E-state index is 12.4. The topological polar surface area (TPSA) is 76.0 Å². The summed E-state index contributed by atoms with van der Waals surface area (Å²) in [6.07, 6.45) is 4.57. The summed E-state index contributed by atoms with van der Waals surface area (Å²) in [5, 5.41) is 9.78. The zero-order valence-electron chi connectivity index (χ0n) is 12.8. The summed E-state index contributed by atoms with van der Waals surface area (Å²) in [6.45, 7) is 1.44. The molecule has 2 amide bonds. The van der Waals surface area contributed by atoms with Crippen molar-refractivity contribution in [3.8, 4) is 0 Å². The Kier molecular flexibility index (Phi) is 4.21. The zero-order valence-corrected chi connectivity index (χ0v) is 14.4. The molecule has 0 bridgehead atoms. The van der Waals surface area contributed by atoms with E-state index in [2.05, 4.69) is 31.7 Å². The molecule has 1 aliphatic rings. The van der Waals surface area contributed by atoms with E-state index in [-0.39, 0.29) is 23.7 Å². The number of hydrogen-bond acceptors (Lipinski definition) is 3. The first-order valence-corrected chi connectivity index (χ1v) is 8.10. The van der Waals surface area contributed by atoms with Crippen molar-refractivity contribution in [3.63, 3.8) is 0 Å². The lowest BCUT2D eigenvalue weighted by atomic mass is 10.2. The van der Waals surface area contributed by atoms with Gasteiger partial charge in [0, 0.05) is 30.6 Å². The number of anilines is 2. The monoisotopic (exact) mass is 376 g/mol. The van der Waals surface area contributed by atoms with Crippen LogP contribution in [-0.2, 0) is 16.6 Å². The summed E-state index contributed by atoms with van der Waals surface area (Å²) in [4.78, 5) is 23.7. The van der Waals surface area contributed by atoms with E-state index in [0.717, 1.165) is 16.5 Å². The van der Waals surface area contributed by atoms with Crippen molar-refractivity contribution in [2.75, 3.05) is 10.6 Å². The molecule has 120 valence electrons. The van der Waals surface area contributed by atoms with Crippen LogP contribution in [0.3, 0.4) is 0 Å². The van der Waals surface area contributed by atoms with E-state index in [1.807, 2.05) is 19.3 Å². The molecule has 23 heavy (non-hydrogen) atoms. The Morgan fingerprint density at radius 2 is 2.09 bits per heavy atom. The highest BCUT2D eigenvalue weighted by molar-refractivity contribution is 9.10. The van der Waals surface area contributed by atoms with Gasteiger partial charge in [0.1, 0.15) is 0 Å². The van der Waals surface area contributed by atoms with Gasteiger partial charge in [0.15, 0.2) is 0 Å². The average Bonchev–Trinajstić information content (AvgIpc) is 3.17. The molecule has 6 nitrogen and oxygen atoms in total. The third-order valence-electron chi connectivity index (χ3n) is 3.83. The van der Waals surface area contributed by atoms with Crippen LogP contribution in [0.5, 0.6) is 0 Å². The quantitative estimate of drug-likeness (QED) is 0.860. The largest absolute Gasteiger partial charge is 0.325 e. The predicted molar refractivity (Wildman–Crippen MR) is 91.1 cm³/mol. The van der Waals surface area contributed by atoms with Gasteiger partial charge in [-0.15, -0.1) is 0 Å². The molecule has 2 N–H and O–H groups in total. The lowest BCUT2D eigenvalue weighted by Gasteiger charge is -2.12. The van der Waals surface area contributed by atoms with Crippen LogP contribution in [0.25, 0.3) is 0 Å². The van der Waals surface area contributed by atoms with Crippen LogP contribution in [-0.4, -0.2) is 21.6 Å². The van der Waals surface area contributed by atoms with Crippen LogP contribution >= 0.6 is 15.9 Å². The van der Waals surface area contributed by atoms with Crippen LogP contribution in [0.4, 0.5) is 11.4 Å². The smallest absolute Gasteiger partial charge is 0.228 e. The molecule has 0 unspecified atom stereocenters. The second-order valence-corrected chi connectivity index (χ2v) is 6.67. The van der Waals surface area contributed by atoms with Crippen molar-refractivity contribution in [1.29, 1.82) is 0 Å². The Morgan fingerprint density at radius 3 is 2.74 bits per heavy atom. The van der Waals surface area contributed by atoms with Gasteiger partial charge < -0.3 is 10.6 Å². The molecule has 1 saturated carbocycles. The number of halogens is 1. The van der Waals surface area contributed by atoms with Gasteiger partial charge in [-0.1, -0.05) is 15.9 Å². The fourth-order valence-corrected chi connectivity index (χ4v) is 2.99. The molecule has 2 aromatic rings. The lowest BCUT2D eigenvalue weighted by Crippen LogP contribution is -2.17. The second kappa shape index (κ2) is 6.16. The number of carbonyl (C=O) groups excluding carboxylic acids is 2. The summed E-state index contributed by atoms with van der Waals surface area (Å²) in [6, 6.07) is 5.35. The molecule has 0 aliphatic heterocycles. The number of amides is 2. The van der Waals surface area contributed by atoms with Crippen molar-refractivity contribution in [2.45, 2.75) is 19.3 Å². The molecule has 0 spiro atoms. The van der Waals surface area contributed by atoms with E-state index < -0.39 is 0 Å². The van der Waals surface area contributed by atoms with Gasteiger partial charge in [0.2, 0.25) is 11.8 Å². The number of hydrogen-bond donors (Lipinski definition) is 2. The summed E-state index contributed by atoms with van der Waals surface area (Å²) >= 11 is 3.38. The molecule has 1 aromatic carbocycles. The Morgan fingerprint density at radius 1 is 1.30 bits per heavy atom. The highest BCUT2D eigenvalue weighted by Gasteiger charge is 2.44. The Bertz CT molecular complexity index is 771. The van der Waals surface area contributed by atoms with Crippen molar-refractivity contribution >= 4 is 39.1 Å². The normalized spacial score (nSPS) is 19.3. The maximum Gasteiger partial charge on any atom is 0.228 e. The first-order valence-electron chi connectivity index (χ1n) is 7.30. The summed E-state index contributed by atoms with van der Waals surface area (Å²) in [7, 11) is 1.86. The Balaban J connectivity index is 1.71. The summed E-state index contributed by atoms with van der Waals surface area (Å²) in [5.74, 6) is -0.0468. The first kappa shape index (κ1) is 15.7. The predicted octanol–water partition coefficient (Wildman–Crippen LogP) is 2.88. The van der Waals surface area contributed by atoms with Crippen LogP contribution in [0.2, 0.25) is 0 Å². The molecule has 3 rings (SSSR count). The van der Waals surface area contributed by atoms with Gasteiger partial charge in [-0.3, -0.25) is 14.3 Å². The van der Waals surface area contributed by atoms with Gasteiger partial charge >= 0.3 is 0 Å². The minimum atomic E-state index is -0.178. The van der Waals surface area contributed by atoms with E-state index in [1.54, 1.807) is 23.0 Å². The van der Waals surface area contributed by atoms with Gasteiger partial charge in [-0.25, -0.2) is 0 Å². The SMILES string of the molecule is CC(=O)Nc1ccc(Br)cc1NC(=O)[C@@H]1C[C@@H]1c1cnn(C)c1. The third-order valence-corrected chi connectivity index (χ3v) is 4.32. The van der Waals surface area contributed by atoms with Crippen molar-refractivity contribution < 1.29 is 9.59 Å². The molecule has 0 radical (unpaired) electrons. The first-order chi connectivity index (χ1) is 10.9. The number of rotatable bonds is 4. The highest BCUT2D eigenvalue weighted by atomic mass is 79.9. The van der Waals surface area contributed by atoms with E-state index in [4.69, 9.17) is 0 Å². The minimum Gasteiger partial charge on any atom is -0.325 e. The van der Waals surface area contributed by atoms with Crippen LogP contribution in [0.1, 0.15) is 24.8 Å². The van der Waals surface area contributed by atoms with E-state index in [0.29, 0.717) is 11.4 Å². The standard InChI is InChI=1S/C16H17BrN4O2/c1-9(22)19-14-4-3-11(17)5-15(14)20-16(23)13-6-12(13)10-7-18-21(2)8-10/h3-5,7-8,12-13H,6H2,1-2H3,(H,19,22)(H,20,23)/t12-,13-/m1/s1. The number of aryl methyl sites for hydroxylation is 1. The zero-order chi connectivity index (χ0) is 16.6. The van der Waals surface area contributed by atoms with E-state index in [9.17, 15) is 9.59 Å². The molecule has 1 fully saturated rings. The fourth-order valence-electron chi connectivity index (χ4n) is 2.63. The van der Waals surface area contributed by atoms with Gasteiger partial charge in [-0.2, -0.15) is 5.10 Å². The molecular formula is C16H17BrN4O2. The summed E-state index contributed by atoms with van der Waals surface area (Å²) < 4.78 is 2.58. The van der Waals surface area contributed by atoms with Crippen LogP contribution in [0.15, 0.2) is 35.1 Å². The van der Waals surface area contributed by atoms with Crippen molar-refractivity contribution in [2.24, 2.45) is 13.0 Å². The molecule has 7 heteroatoms. The molecule has 1 heterocycles. The number of aromatic nitrogens is 2. The Hall–Kier alpha value is -2.15. The molecule has 2 atom stereocenters. The van der Waals surface area contributed by atoms with Gasteiger partial charge in [0.05, 0.1) is 17.6 Å². The second-order valence-electron chi connectivity index (χ2n) is 5.76. The molecule has 1 aliphatic carbocycles. The highest BCUT2D eigenvalue weighted by Crippen LogP contribution is 2.48. The number of nitrogens with zero attached hydrogens (tertiary/aromatic N) is 2. The van der Waals surface area contributed by atoms with E-state index in [1.165, 1.54) is 6.92 Å². The van der Waals surface area contributed by atoms with Crippen molar-refractivity contribution in [3.05, 3.63) is 40.6 Å². The third kappa shape index (κ3) is 3.61. The van der Waals surface area contributed by atoms with Crippen LogP contribution < -0.4 is 10.6 Å². The fraction of sp³-hybridized carbons (Fsp3) is 0.312.